The summed E-state index contributed by atoms with van der Waals surface area (Å²) in [7, 11) is 0. The van der Waals surface area contributed by atoms with Crippen molar-refractivity contribution in [2.45, 2.75) is 19.0 Å². The van der Waals surface area contributed by atoms with Crippen molar-refractivity contribution in [3.05, 3.63) is 16.4 Å². The van der Waals surface area contributed by atoms with Crippen molar-refractivity contribution in [3.8, 4) is 0 Å². The number of hydrogen-bond acceptors (Lipinski definition) is 3. The van der Waals surface area contributed by atoms with E-state index in [1.165, 1.54) is 0 Å². The van der Waals surface area contributed by atoms with Crippen LogP contribution >= 0.6 is 0 Å². The van der Waals surface area contributed by atoms with Crippen LogP contribution in [0.3, 0.4) is 0 Å². The summed E-state index contributed by atoms with van der Waals surface area (Å²) < 4.78 is 38.8. The smallest absolute Gasteiger partial charge is 0.296 e. The van der Waals surface area contributed by atoms with Gasteiger partial charge in [0.05, 0.1) is 6.42 Å². The van der Waals surface area contributed by atoms with Crippen LogP contribution in [0.15, 0.2) is 9.32 Å². The number of aromatic nitrogens is 2. The molecule has 0 saturated carbocycles. The van der Waals surface area contributed by atoms with Gasteiger partial charge in [-0.1, -0.05) is 5.16 Å². The predicted octanol–water partition coefficient (Wildman–Crippen LogP) is 0.858. The number of alkyl halides is 3. The van der Waals surface area contributed by atoms with E-state index in [2.05, 4.69) is 9.68 Å². The molecule has 0 fully saturated rings. The van der Waals surface area contributed by atoms with Gasteiger partial charge < -0.3 is 0 Å². The standard InChI is InChI=1S/C5H5F3N2O2/c6-5(7,8)2-1-3-9-4(11)12-10-3/h1-2H2,(H,9,10,11). The maximum absolute atomic E-state index is 11.6. The highest BCUT2D eigenvalue weighted by Gasteiger charge is 2.27. The molecule has 12 heavy (non-hydrogen) atoms. The highest BCUT2D eigenvalue weighted by molar-refractivity contribution is 4.79. The van der Waals surface area contributed by atoms with Gasteiger partial charge in [0.25, 0.3) is 0 Å². The van der Waals surface area contributed by atoms with E-state index in [0.29, 0.717) is 0 Å². The molecule has 0 aromatic carbocycles. The van der Waals surface area contributed by atoms with E-state index in [1.54, 1.807) is 0 Å². The lowest BCUT2D eigenvalue weighted by Crippen LogP contribution is -2.09. The summed E-state index contributed by atoms with van der Waals surface area (Å²) in [6.07, 6.45) is -5.62. The van der Waals surface area contributed by atoms with Crippen molar-refractivity contribution >= 4 is 0 Å². The van der Waals surface area contributed by atoms with Gasteiger partial charge in [-0.25, -0.2) is 4.79 Å². The zero-order chi connectivity index (χ0) is 9.19. The van der Waals surface area contributed by atoms with Gasteiger partial charge in [0, 0.05) is 6.42 Å². The van der Waals surface area contributed by atoms with Crippen LogP contribution in [-0.4, -0.2) is 16.3 Å². The van der Waals surface area contributed by atoms with Gasteiger partial charge in [0.1, 0.15) is 0 Å². The summed E-state index contributed by atoms with van der Waals surface area (Å²) in [6, 6.07) is 0. The largest absolute Gasteiger partial charge is 0.438 e. The lowest BCUT2D eigenvalue weighted by atomic mass is 10.3. The van der Waals surface area contributed by atoms with Crippen LogP contribution in [0.4, 0.5) is 13.2 Å². The fraction of sp³-hybridized carbons (Fsp3) is 0.600. The fourth-order valence-electron chi connectivity index (χ4n) is 0.628. The first-order chi connectivity index (χ1) is 5.47. The molecule has 0 amide bonds. The van der Waals surface area contributed by atoms with E-state index < -0.39 is 18.4 Å². The molecule has 1 heterocycles. The Morgan fingerprint density at radius 3 is 2.58 bits per heavy atom. The van der Waals surface area contributed by atoms with Crippen molar-refractivity contribution in [3.63, 3.8) is 0 Å². The van der Waals surface area contributed by atoms with Gasteiger partial charge in [-0.2, -0.15) is 13.2 Å². The van der Waals surface area contributed by atoms with E-state index in [4.69, 9.17) is 0 Å². The summed E-state index contributed by atoms with van der Waals surface area (Å²) in [5.74, 6) is -0.926. The number of aryl methyl sites for hydroxylation is 1. The van der Waals surface area contributed by atoms with Gasteiger partial charge in [0.2, 0.25) is 0 Å². The average Bonchev–Trinajstić information content (AvgIpc) is 2.30. The second-order valence-electron chi connectivity index (χ2n) is 2.16. The van der Waals surface area contributed by atoms with Crippen molar-refractivity contribution in [2.24, 2.45) is 0 Å². The Morgan fingerprint density at radius 2 is 2.17 bits per heavy atom. The zero-order valence-electron chi connectivity index (χ0n) is 5.81. The molecule has 0 spiro atoms. The zero-order valence-corrected chi connectivity index (χ0v) is 5.81. The fourth-order valence-corrected chi connectivity index (χ4v) is 0.628. The average molecular weight is 182 g/mol. The SMILES string of the molecule is O=c1[nH]c(CCC(F)(F)F)no1. The molecule has 0 unspecified atom stereocenters. The van der Waals surface area contributed by atoms with Crippen LogP contribution in [0.2, 0.25) is 0 Å². The van der Waals surface area contributed by atoms with Crippen LogP contribution in [0.25, 0.3) is 0 Å². The van der Waals surface area contributed by atoms with Crippen molar-refractivity contribution in [1.29, 1.82) is 0 Å². The molecule has 0 aliphatic heterocycles. The second-order valence-corrected chi connectivity index (χ2v) is 2.16. The summed E-state index contributed by atoms with van der Waals surface area (Å²) in [5.41, 5.74) is 0. The summed E-state index contributed by atoms with van der Waals surface area (Å²) in [4.78, 5) is 12.3. The Labute approximate surface area is 64.4 Å². The van der Waals surface area contributed by atoms with E-state index in [-0.39, 0.29) is 12.2 Å². The lowest BCUT2D eigenvalue weighted by Gasteiger charge is -2.01. The minimum Gasteiger partial charge on any atom is -0.296 e. The molecule has 68 valence electrons. The molecule has 0 aliphatic carbocycles. The normalized spacial score (nSPS) is 11.9. The molecular formula is C5H5F3N2O2. The quantitative estimate of drug-likeness (QED) is 0.737. The molecule has 0 atom stereocenters. The van der Waals surface area contributed by atoms with Gasteiger partial charge in [0.15, 0.2) is 5.82 Å². The third-order valence-electron chi connectivity index (χ3n) is 1.13. The van der Waals surface area contributed by atoms with Gasteiger partial charge in [-0.3, -0.25) is 9.51 Å². The van der Waals surface area contributed by atoms with Crippen molar-refractivity contribution in [1.82, 2.24) is 10.1 Å². The number of aromatic amines is 1. The van der Waals surface area contributed by atoms with Gasteiger partial charge in [-0.15, -0.1) is 0 Å². The molecule has 0 bridgehead atoms. The molecule has 1 rings (SSSR count). The minimum absolute atomic E-state index is 0.0858. The Morgan fingerprint density at radius 1 is 1.50 bits per heavy atom. The number of hydrogen-bond donors (Lipinski definition) is 1. The van der Waals surface area contributed by atoms with Crippen LogP contribution in [0.5, 0.6) is 0 Å². The summed E-state index contributed by atoms with van der Waals surface area (Å²) in [5, 5.41) is 3.08. The molecule has 1 aromatic heterocycles. The third kappa shape index (κ3) is 2.77. The maximum Gasteiger partial charge on any atom is 0.438 e. The first kappa shape index (κ1) is 8.82. The Balaban J connectivity index is 2.49. The summed E-state index contributed by atoms with van der Waals surface area (Å²) in [6.45, 7) is 0. The Hall–Kier alpha value is -1.27. The molecule has 0 radical (unpaired) electrons. The molecular weight excluding hydrogens is 177 g/mol. The van der Waals surface area contributed by atoms with Crippen molar-refractivity contribution < 1.29 is 17.7 Å². The van der Waals surface area contributed by atoms with E-state index in [1.807, 2.05) is 4.98 Å². The Bertz CT molecular complexity index is 300. The second kappa shape index (κ2) is 3.00. The van der Waals surface area contributed by atoms with Crippen LogP contribution in [0, 0.1) is 0 Å². The number of halogens is 3. The molecule has 0 saturated heterocycles. The number of H-pyrrole nitrogens is 1. The van der Waals surface area contributed by atoms with Crippen LogP contribution < -0.4 is 5.76 Å². The van der Waals surface area contributed by atoms with Crippen LogP contribution in [-0.2, 0) is 6.42 Å². The van der Waals surface area contributed by atoms with Gasteiger partial charge in [-0.05, 0) is 0 Å². The molecule has 0 aliphatic rings. The molecule has 1 N–H and O–H groups in total. The van der Waals surface area contributed by atoms with Crippen LogP contribution in [0.1, 0.15) is 12.2 Å². The maximum atomic E-state index is 11.6. The molecule has 4 nitrogen and oxygen atoms in total. The molecule has 1 aromatic rings. The number of nitrogens with one attached hydrogen (secondary N) is 1. The monoisotopic (exact) mass is 182 g/mol. The number of nitrogens with zero attached hydrogens (tertiary/aromatic N) is 1. The van der Waals surface area contributed by atoms with E-state index in [9.17, 15) is 18.0 Å². The minimum atomic E-state index is -4.24. The van der Waals surface area contributed by atoms with Crippen molar-refractivity contribution in [2.75, 3.05) is 0 Å². The molecule has 7 heteroatoms. The highest BCUT2D eigenvalue weighted by atomic mass is 19.4. The lowest BCUT2D eigenvalue weighted by molar-refractivity contribution is -0.134. The van der Waals surface area contributed by atoms with Gasteiger partial charge >= 0.3 is 11.9 Å². The highest BCUT2D eigenvalue weighted by Crippen LogP contribution is 2.20. The first-order valence-electron chi connectivity index (χ1n) is 3.09. The predicted molar refractivity (Wildman–Crippen MR) is 31.5 cm³/mol. The summed E-state index contributed by atoms with van der Waals surface area (Å²) >= 11 is 0. The third-order valence-corrected chi connectivity index (χ3v) is 1.13. The topological polar surface area (TPSA) is 58.9 Å². The Kier molecular flexibility index (Phi) is 2.20. The van der Waals surface area contributed by atoms with E-state index >= 15 is 0 Å². The number of rotatable bonds is 2. The van der Waals surface area contributed by atoms with E-state index in [0.717, 1.165) is 0 Å². The first-order valence-corrected chi connectivity index (χ1v) is 3.09.